The molecule has 3 rings (SSSR count). The number of aromatic nitrogens is 4. The van der Waals surface area contributed by atoms with E-state index in [1.54, 1.807) is 23.7 Å². The van der Waals surface area contributed by atoms with E-state index in [9.17, 15) is 19.7 Å². The van der Waals surface area contributed by atoms with Gasteiger partial charge in [0, 0.05) is 32.8 Å². The molecular weight excluding hydrogens is 390 g/mol. The molecule has 0 saturated heterocycles. The van der Waals surface area contributed by atoms with Crippen molar-refractivity contribution >= 4 is 22.8 Å². The summed E-state index contributed by atoms with van der Waals surface area (Å²) in [4.78, 5) is 42.2. The highest BCUT2D eigenvalue weighted by atomic mass is 16.6. The normalized spacial score (nSPS) is 11.4. The van der Waals surface area contributed by atoms with Crippen LogP contribution in [0.2, 0.25) is 0 Å². The van der Waals surface area contributed by atoms with Crippen molar-refractivity contribution in [2.75, 3.05) is 32.5 Å². The number of imidazole rings is 1. The lowest BCUT2D eigenvalue weighted by Gasteiger charge is -2.12. The Morgan fingerprint density at radius 1 is 1.13 bits per heavy atom. The molecule has 11 nitrogen and oxygen atoms in total. The van der Waals surface area contributed by atoms with Crippen LogP contribution in [-0.4, -0.2) is 55.7 Å². The van der Waals surface area contributed by atoms with Gasteiger partial charge in [0.25, 0.3) is 11.2 Å². The molecule has 160 valence electrons. The fourth-order valence-electron chi connectivity index (χ4n) is 3.24. The third kappa shape index (κ3) is 4.10. The van der Waals surface area contributed by atoms with Crippen molar-refractivity contribution < 1.29 is 4.92 Å². The monoisotopic (exact) mass is 415 g/mol. The molecule has 0 aliphatic heterocycles. The van der Waals surface area contributed by atoms with Gasteiger partial charge in [-0.3, -0.25) is 28.6 Å². The molecule has 0 saturated carbocycles. The second-order valence-corrected chi connectivity index (χ2v) is 7.41. The van der Waals surface area contributed by atoms with E-state index in [-0.39, 0.29) is 12.2 Å². The Balaban J connectivity index is 2.06. The van der Waals surface area contributed by atoms with Crippen molar-refractivity contribution in [3.63, 3.8) is 0 Å². The number of rotatable bonds is 8. The molecule has 0 atom stereocenters. The van der Waals surface area contributed by atoms with E-state index in [0.29, 0.717) is 23.7 Å². The number of nitro groups is 1. The van der Waals surface area contributed by atoms with E-state index >= 15 is 0 Å². The van der Waals surface area contributed by atoms with E-state index in [2.05, 4.69) is 15.2 Å². The summed E-state index contributed by atoms with van der Waals surface area (Å²) in [7, 11) is 6.98. The summed E-state index contributed by atoms with van der Waals surface area (Å²) in [5.41, 5.74) is 0.463. The van der Waals surface area contributed by atoms with E-state index < -0.39 is 16.2 Å². The minimum Gasteiger partial charge on any atom is -0.356 e. The fraction of sp³-hybridized carbons (Fsp3) is 0.421. The molecule has 0 aliphatic carbocycles. The predicted molar refractivity (Wildman–Crippen MR) is 114 cm³/mol. The number of anilines is 1. The molecule has 0 unspecified atom stereocenters. The van der Waals surface area contributed by atoms with Gasteiger partial charge in [0.05, 0.1) is 11.5 Å². The van der Waals surface area contributed by atoms with E-state index in [1.165, 1.54) is 23.7 Å². The summed E-state index contributed by atoms with van der Waals surface area (Å²) in [6.07, 6.45) is 0.866. The minimum absolute atomic E-state index is 0.00502. The minimum atomic E-state index is -0.459. The molecule has 11 heteroatoms. The van der Waals surface area contributed by atoms with Crippen LogP contribution in [0.25, 0.3) is 11.2 Å². The van der Waals surface area contributed by atoms with Crippen LogP contribution in [0.1, 0.15) is 12.0 Å². The maximum Gasteiger partial charge on any atom is 0.332 e. The van der Waals surface area contributed by atoms with Gasteiger partial charge in [-0.15, -0.1) is 0 Å². The number of nitro benzene ring substituents is 1. The Labute approximate surface area is 172 Å². The quantitative estimate of drug-likeness (QED) is 0.327. The summed E-state index contributed by atoms with van der Waals surface area (Å²) in [5, 5.41) is 14.2. The van der Waals surface area contributed by atoms with Crippen LogP contribution in [0.5, 0.6) is 0 Å². The molecule has 30 heavy (non-hydrogen) atoms. The number of hydrogen-bond acceptors (Lipinski definition) is 7. The van der Waals surface area contributed by atoms with Crippen LogP contribution in [0.4, 0.5) is 11.6 Å². The highest BCUT2D eigenvalue weighted by Crippen LogP contribution is 2.19. The van der Waals surface area contributed by atoms with Crippen molar-refractivity contribution in [3.05, 3.63) is 60.8 Å². The summed E-state index contributed by atoms with van der Waals surface area (Å²) in [6.45, 7) is 1.80. The zero-order valence-corrected chi connectivity index (χ0v) is 17.5. The maximum atomic E-state index is 12.9. The van der Waals surface area contributed by atoms with E-state index in [1.807, 2.05) is 14.1 Å². The molecule has 2 aromatic heterocycles. The first-order valence-corrected chi connectivity index (χ1v) is 9.49. The molecule has 0 radical (unpaired) electrons. The third-order valence-electron chi connectivity index (χ3n) is 4.90. The zero-order chi connectivity index (χ0) is 22.0. The lowest BCUT2D eigenvalue weighted by atomic mass is 10.2. The molecule has 0 spiro atoms. The Morgan fingerprint density at radius 2 is 1.80 bits per heavy atom. The molecule has 2 heterocycles. The molecule has 1 aromatic carbocycles. The molecule has 1 N–H and O–H groups in total. The highest BCUT2D eigenvalue weighted by molar-refractivity contribution is 5.74. The number of nitrogens with one attached hydrogen (secondary N) is 1. The lowest BCUT2D eigenvalue weighted by molar-refractivity contribution is -0.384. The van der Waals surface area contributed by atoms with Gasteiger partial charge < -0.3 is 10.2 Å². The van der Waals surface area contributed by atoms with Gasteiger partial charge in [-0.2, -0.15) is 4.98 Å². The van der Waals surface area contributed by atoms with Crippen LogP contribution in [0, 0.1) is 10.1 Å². The van der Waals surface area contributed by atoms with Crippen molar-refractivity contribution in [3.8, 4) is 0 Å². The second-order valence-electron chi connectivity index (χ2n) is 7.41. The van der Waals surface area contributed by atoms with Crippen molar-refractivity contribution in [2.45, 2.75) is 13.0 Å². The molecular formula is C19H25N7O4. The molecule has 3 aromatic rings. The Bertz CT molecular complexity index is 1190. The standard InChI is InChI=1S/C19H25N7O4/c1-22(2)11-5-10-20-18-21-16-15(17(27)24(4)19(28)23(16)3)25(18)12-13-6-8-14(9-7-13)26(29)30/h6-9H,5,10-12H2,1-4H3,(H,20,21). The van der Waals surface area contributed by atoms with Crippen LogP contribution < -0.4 is 16.6 Å². The Kier molecular flexibility index (Phi) is 6.01. The first-order chi connectivity index (χ1) is 14.2. The number of nitrogens with zero attached hydrogens (tertiary/aromatic N) is 6. The smallest absolute Gasteiger partial charge is 0.332 e. The largest absolute Gasteiger partial charge is 0.356 e. The third-order valence-corrected chi connectivity index (χ3v) is 4.90. The van der Waals surface area contributed by atoms with Gasteiger partial charge in [0.2, 0.25) is 5.95 Å². The molecule has 0 bridgehead atoms. The molecule has 0 aliphatic rings. The van der Waals surface area contributed by atoms with Crippen molar-refractivity contribution in [2.24, 2.45) is 14.1 Å². The van der Waals surface area contributed by atoms with E-state index in [0.717, 1.165) is 23.1 Å². The Morgan fingerprint density at radius 3 is 2.40 bits per heavy atom. The number of non-ortho nitro benzene ring substituents is 1. The summed E-state index contributed by atoms with van der Waals surface area (Å²) >= 11 is 0. The van der Waals surface area contributed by atoms with Crippen LogP contribution in [0.3, 0.4) is 0 Å². The van der Waals surface area contributed by atoms with Gasteiger partial charge in [0.15, 0.2) is 11.2 Å². The van der Waals surface area contributed by atoms with Gasteiger partial charge in [-0.1, -0.05) is 12.1 Å². The average Bonchev–Trinajstić information content (AvgIpc) is 3.06. The fourth-order valence-corrected chi connectivity index (χ4v) is 3.24. The molecule has 0 amide bonds. The predicted octanol–water partition coefficient (Wildman–Crippen LogP) is 0.754. The van der Waals surface area contributed by atoms with Gasteiger partial charge in [-0.05, 0) is 32.6 Å². The summed E-state index contributed by atoms with van der Waals surface area (Å²) in [5.74, 6) is 0.473. The van der Waals surface area contributed by atoms with Gasteiger partial charge >= 0.3 is 5.69 Å². The number of fused-ring (bicyclic) bond motifs is 1. The van der Waals surface area contributed by atoms with Crippen molar-refractivity contribution in [1.29, 1.82) is 0 Å². The summed E-state index contributed by atoms with van der Waals surface area (Å²) < 4.78 is 4.11. The number of hydrogen-bond donors (Lipinski definition) is 1. The number of aryl methyl sites for hydroxylation is 1. The van der Waals surface area contributed by atoms with Gasteiger partial charge in [0.1, 0.15) is 0 Å². The van der Waals surface area contributed by atoms with Crippen LogP contribution in [-0.2, 0) is 20.6 Å². The Hall–Kier alpha value is -3.47. The first-order valence-electron chi connectivity index (χ1n) is 9.49. The highest BCUT2D eigenvalue weighted by Gasteiger charge is 2.19. The van der Waals surface area contributed by atoms with Crippen LogP contribution in [0.15, 0.2) is 33.9 Å². The maximum absolute atomic E-state index is 12.9. The zero-order valence-electron chi connectivity index (χ0n) is 17.5. The molecule has 0 fully saturated rings. The first kappa shape index (κ1) is 21.2. The second kappa shape index (κ2) is 8.49. The number of benzene rings is 1. The van der Waals surface area contributed by atoms with Crippen molar-refractivity contribution in [1.82, 2.24) is 23.6 Å². The van der Waals surface area contributed by atoms with Gasteiger partial charge in [-0.25, -0.2) is 4.79 Å². The average molecular weight is 415 g/mol. The summed E-state index contributed by atoms with van der Waals surface area (Å²) in [6, 6.07) is 6.14. The lowest BCUT2D eigenvalue weighted by Crippen LogP contribution is -2.37. The SMILES string of the molecule is CN(C)CCCNc1nc2c(c(=O)n(C)c(=O)n2C)n1Cc1ccc([N+](=O)[O-])cc1. The van der Waals surface area contributed by atoms with E-state index in [4.69, 9.17) is 0 Å². The topological polar surface area (TPSA) is 120 Å². The van der Waals surface area contributed by atoms with Crippen LogP contribution >= 0.6 is 0 Å².